The highest BCUT2D eigenvalue weighted by atomic mass is 16.5. The molecule has 0 radical (unpaired) electrons. The van der Waals surface area contributed by atoms with E-state index in [1.54, 1.807) is 72.8 Å². The van der Waals surface area contributed by atoms with Crippen molar-refractivity contribution in [1.29, 1.82) is 0 Å². The molecule has 4 N–H and O–H groups in total. The second-order valence-corrected chi connectivity index (χ2v) is 11.5. The van der Waals surface area contributed by atoms with E-state index in [2.05, 4.69) is 21.3 Å². The molecular weight excluding hydrogens is 608 g/mol. The van der Waals surface area contributed by atoms with Gasteiger partial charge in [0.25, 0.3) is 11.8 Å². The minimum atomic E-state index is -1.31. The lowest BCUT2D eigenvalue weighted by molar-refractivity contribution is -0.123. The van der Waals surface area contributed by atoms with E-state index in [0.29, 0.717) is 47.0 Å². The Morgan fingerprint density at radius 2 is 0.750 bits per heavy atom. The van der Waals surface area contributed by atoms with Crippen LogP contribution < -0.4 is 30.7 Å². The summed E-state index contributed by atoms with van der Waals surface area (Å²) in [5.74, 6) is 0.369. The molecule has 48 heavy (non-hydrogen) atoms. The van der Waals surface area contributed by atoms with E-state index in [1.807, 2.05) is 60.7 Å². The number of hydrogen-bond donors (Lipinski definition) is 4. The second-order valence-electron chi connectivity index (χ2n) is 11.5. The number of nitrogens with one attached hydrogen (secondary N) is 4. The van der Waals surface area contributed by atoms with Gasteiger partial charge in [-0.15, -0.1) is 0 Å². The van der Waals surface area contributed by atoms with Gasteiger partial charge in [0.15, 0.2) is 11.1 Å². The third kappa shape index (κ3) is 5.49. The first-order chi connectivity index (χ1) is 23.4. The normalized spacial score (nSPS) is 20.0. The van der Waals surface area contributed by atoms with Gasteiger partial charge in [0, 0.05) is 0 Å². The van der Waals surface area contributed by atoms with Gasteiger partial charge in [-0.3, -0.25) is 20.2 Å². The van der Waals surface area contributed by atoms with Crippen molar-refractivity contribution in [3.63, 3.8) is 0 Å². The van der Waals surface area contributed by atoms with Gasteiger partial charge in [-0.25, -0.2) is 9.59 Å². The molecule has 10 nitrogen and oxygen atoms in total. The summed E-state index contributed by atoms with van der Waals surface area (Å²) in [4.78, 5) is 50.1. The predicted molar refractivity (Wildman–Crippen MR) is 176 cm³/mol. The number of amides is 6. The maximum atomic E-state index is 12.9. The van der Waals surface area contributed by atoms with E-state index in [-0.39, 0.29) is 0 Å². The van der Waals surface area contributed by atoms with E-state index < -0.39 is 35.0 Å². The van der Waals surface area contributed by atoms with Crippen molar-refractivity contribution >= 4 is 23.9 Å². The lowest BCUT2D eigenvalue weighted by atomic mass is 9.83. The number of hydrogen-bond acceptors (Lipinski definition) is 6. The highest BCUT2D eigenvalue weighted by Crippen LogP contribution is 2.35. The Morgan fingerprint density at radius 3 is 1.06 bits per heavy atom. The summed E-state index contributed by atoms with van der Waals surface area (Å²) in [5, 5.41) is 10.3. The number of rotatable bonds is 10. The zero-order valence-corrected chi connectivity index (χ0v) is 25.6. The van der Waals surface area contributed by atoms with Gasteiger partial charge in [0.2, 0.25) is 0 Å². The van der Waals surface area contributed by atoms with Crippen LogP contribution in [0.15, 0.2) is 133 Å². The van der Waals surface area contributed by atoms with Crippen LogP contribution >= 0.6 is 0 Å². The highest BCUT2D eigenvalue weighted by Gasteiger charge is 2.50. The number of benzene rings is 5. The van der Waals surface area contributed by atoms with Gasteiger partial charge in [0.05, 0.1) is 0 Å². The fraction of sp³-hybridized carbons (Fsp3) is 0.105. The first kappa shape index (κ1) is 30.2. The van der Waals surface area contributed by atoms with Crippen LogP contribution in [0.5, 0.6) is 11.5 Å². The van der Waals surface area contributed by atoms with Crippen molar-refractivity contribution in [2.24, 2.45) is 0 Å². The zero-order valence-electron chi connectivity index (χ0n) is 25.6. The summed E-state index contributed by atoms with van der Waals surface area (Å²) < 4.78 is 12.0. The van der Waals surface area contributed by atoms with Crippen molar-refractivity contribution in [3.8, 4) is 11.5 Å². The summed E-state index contributed by atoms with van der Waals surface area (Å²) in [7, 11) is 0. The Morgan fingerprint density at radius 1 is 0.417 bits per heavy atom. The van der Waals surface area contributed by atoms with Crippen LogP contribution in [0.2, 0.25) is 0 Å². The summed E-state index contributed by atoms with van der Waals surface area (Å²) in [6.45, 7) is 0.659. The molecule has 0 spiro atoms. The number of imide groups is 2. The highest BCUT2D eigenvalue weighted by molar-refractivity contribution is 6.10. The van der Waals surface area contributed by atoms with E-state index in [4.69, 9.17) is 9.47 Å². The van der Waals surface area contributed by atoms with Crippen molar-refractivity contribution in [3.05, 3.63) is 167 Å². The van der Waals surface area contributed by atoms with Gasteiger partial charge in [-0.05, 0) is 57.6 Å². The van der Waals surface area contributed by atoms with E-state index in [1.165, 1.54) is 0 Å². The molecule has 2 atom stereocenters. The summed E-state index contributed by atoms with van der Waals surface area (Å²) in [6, 6.07) is 39.2. The third-order valence-electron chi connectivity index (χ3n) is 8.56. The smallest absolute Gasteiger partial charge is 0.322 e. The van der Waals surface area contributed by atoms with Crippen LogP contribution in [0.1, 0.15) is 33.4 Å². The van der Waals surface area contributed by atoms with Gasteiger partial charge in [0.1, 0.15) is 24.7 Å². The molecule has 0 bridgehead atoms. The molecule has 2 saturated heterocycles. The fourth-order valence-corrected chi connectivity index (χ4v) is 6.10. The molecule has 10 heteroatoms. The van der Waals surface area contributed by atoms with Crippen molar-refractivity contribution in [2.45, 2.75) is 24.3 Å². The molecule has 0 aromatic heterocycles. The van der Waals surface area contributed by atoms with E-state index >= 15 is 0 Å². The van der Waals surface area contributed by atoms with E-state index in [9.17, 15) is 19.2 Å². The van der Waals surface area contributed by atoms with Crippen molar-refractivity contribution in [2.75, 3.05) is 0 Å². The number of carbonyl (C=O) groups excluding carboxylic acids is 4. The lowest BCUT2D eigenvalue weighted by Gasteiger charge is -2.27. The molecule has 2 unspecified atom stereocenters. The number of carbonyl (C=O) groups is 4. The number of ether oxygens (including phenoxy) is 2. The van der Waals surface area contributed by atoms with Crippen LogP contribution in [0.4, 0.5) is 9.59 Å². The number of urea groups is 2. The monoisotopic (exact) mass is 638 g/mol. The fourth-order valence-electron chi connectivity index (χ4n) is 6.10. The topological polar surface area (TPSA) is 135 Å². The molecular formula is C38H30N4O6. The summed E-state index contributed by atoms with van der Waals surface area (Å²) in [6.07, 6.45) is 0. The first-order valence-electron chi connectivity index (χ1n) is 15.3. The lowest BCUT2D eigenvalue weighted by Crippen LogP contribution is -2.44. The van der Waals surface area contributed by atoms with Crippen LogP contribution in [-0.2, 0) is 33.9 Å². The summed E-state index contributed by atoms with van der Waals surface area (Å²) >= 11 is 0. The van der Waals surface area contributed by atoms with E-state index in [0.717, 1.165) is 11.1 Å². The first-order valence-corrected chi connectivity index (χ1v) is 15.3. The van der Waals surface area contributed by atoms with Crippen molar-refractivity contribution in [1.82, 2.24) is 21.3 Å². The molecule has 5 aromatic carbocycles. The van der Waals surface area contributed by atoms with Crippen molar-refractivity contribution < 1.29 is 28.7 Å². The molecule has 2 aliphatic heterocycles. The van der Waals surface area contributed by atoms with Crippen LogP contribution in [-0.4, -0.2) is 23.9 Å². The van der Waals surface area contributed by atoms with Crippen LogP contribution in [0.3, 0.4) is 0 Å². The quantitative estimate of drug-likeness (QED) is 0.159. The molecule has 238 valence electrons. The minimum absolute atomic E-state index is 0.330. The second kappa shape index (κ2) is 12.4. The zero-order chi connectivity index (χ0) is 33.1. The Bertz CT molecular complexity index is 1840. The van der Waals surface area contributed by atoms with Gasteiger partial charge in [-0.1, -0.05) is 109 Å². The Labute approximate surface area is 276 Å². The SMILES string of the molecule is O=C1NC(=O)C(c2ccccc2)(c2ccc(OCc3ccc(COc4ccc(C5(c6ccccc6)NC(=O)NC5=O)cc4)cc3)cc2)N1. The molecule has 2 fully saturated rings. The molecule has 0 aliphatic carbocycles. The predicted octanol–water partition coefficient (Wildman–Crippen LogP) is 5.01. The van der Waals surface area contributed by atoms with Crippen LogP contribution in [0, 0.1) is 0 Å². The average molecular weight is 639 g/mol. The molecule has 2 heterocycles. The molecule has 6 amide bonds. The molecule has 7 rings (SSSR count). The summed E-state index contributed by atoms with van der Waals surface area (Å²) in [5.41, 5.74) is 1.85. The van der Waals surface area contributed by atoms with Crippen LogP contribution in [0.25, 0.3) is 0 Å². The third-order valence-corrected chi connectivity index (χ3v) is 8.56. The largest absolute Gasteiger partial charge is 0.489 e. The van der Waals surface area contributed by atoms with Gasteiger partial charge in [-0.2, -0.15) is 0 Å². The standard InChI is InChI=1S/C38H30N4O6/c43-33-37(41-35(45)39-33,27-7-3-1-4-8-27)29-15-19-31(20-16-29)47-23-25-11-13-26(14-12-25)24-48-32-21-17-30(18-22-32)38(28-9-5-2-6-10-28)34(44)40-36(46)42-38/h1-22H,23-24H2,(H2,39,41,43,45)(H2,40,42,44,46). The average Bonchev–Trinajstić information content (AvgIpc) is 3.61. The van der Waals surface area contributed by atoms with Gasteiger partial charge >= 0.3 is 12.1 Å². The Hall–Kier alpha value is -6.42. The Balaban J connectivity index is 0.967. The minimum Gasteiger partial charge on any atom is -0.489 e. The maximum Gasteiger partial charge on any atom is 0.322 e. The molecule has 0 saturated carbocycles. The van der Waals surface area contributed by atoms with Gasteiger partial charge < -0.3 is 20.1 Å². The maximum absolute atomic E-state index is 12.9. The molecule has 5 aromatic rings. The Kier molecular flexibility index (Phi) is 7.82. The molecule has 2 aliphatic rings.